The number of hydrogen-bond donors (Lipinski definition) is 2. The number of halogens is 2. The third-order valence-electron chi connectivity index (χ3n) is 1.50. The molecular formula is C8H9Cl2NO2. The zero-order valence-corrected chi connectivity index (χ0v) is 8.27. The van der Waals surface area contributed by atoms with E-state index >= 15 is 0 Å². The lowest BCUT2D eigenvalue weighted by atomic mass is 10.2. The highest BCUT2D eigenvalue weighted by Gasteiger charge is 1.99. The van der Waals surface area contributed by atoms with E-state index in [1.165, 1.54) is 0 Å². The molecule has 0 amide bonds. The quantitative estimate of drug-likeness (QED) is 0.356. The molecule has 0 spiro atoms. The number of rotatable bonds is 4. The third-order valence-corrected chi connectivity index (χ3v) is 2.08. The van der Waals surface area contributed by atoms with Crippen molar-refractivity contribution in [3.8, 4) is 0 Å². The van der Waals surface area contributed by atoms with Gasteiger partial charge in [0.1, 0.15) is 6.73 Å². The average Bonchev–Trinajstić information content (AvgIpc) is 2.09. The first-order valence-corrected chi connectivity index (χ1v) is 4.40. The maximum Gasteiger partial charge on any atom is 0.133 e. The minimum absolute atomic E-state index is 0.0684. The third kappa shape index (κ3) is 3.50. The lowest BCUT2D eigenvalue weighted by Crippen LogP contribution is -2.16. The van der Waals surface area contributed by atoms with Crippen LogP contribution in [0.1, 0.15) is 5.56 Å². The Morgan fingerprint density at radius 2 is 2.15 bits per heavy atom. The van der Waals surface area contributed by atoms with Gasteiger partial charge in [-0.3, -0.25) is 10.6 Å². The normalized spacial score (nSPS) is 10.4. The van der Waals surface area contributed by atoms with Crippen molar-refractivity contribution in [2.45, 2.75) is 6.54 Å². The van der Waals surface area contributed by atoms with Crippen LogP contribution >= 0.6 is 23.2 Å². The van der Waals surface area contributed by atoms with Crippen molar-refractivity contribution in [1.82, 2.24) is 5.32 Å². The summed E-state index contributed by atoms with van der Waals surface area (Å²) in [5.41, 5.74) is 0.906. The molecule has 2 N–H and O–H groups in total. The maximum absolute atomic E-state index is 8.04. The van der Waals surface area contributed by atoms with Gasteiger partial charge in [-0.15, -0.1) is 0 Å². The molecule has 1 aromatic rings. The second kappa shape index (κ2) is 5.42. The molecule has 0 bridgehead atoms. The van der Waals surface area contributed by atoms with Crippen LogP contribution in [0, 0.1) is 0 Å². The van der Waals surface area contributed by atoms with E-state index in [1.54, 1.807) is 12.1 Å². The molecular weight excluding hydrogens is 213 g/mol. The molecule has 0 radical (unpaired) electrons. The molecule has 0 saturated heterocycles. The Morgan fingerprint density at radius 3 is 2.77 bits per heavy atom. The molecule has 0 aliphatic rings. The molecule has 72 valence electrons. The molecule has 3 nitrogen and oxygen atoms in total. The Balaban J connectivity index is 2.56. The molecule has 5 heteroatoms. The van der Waals surface area contributed by atoms with Crippen LogP contribution in [0.3, 0.4) is 0 Å². The van der Waals surface area contributed by atoms with Gasteiger partial charge in [0, 0.05) is 16.6 Å². The average molecular weight is 222 g/mol. The number of nitrogens with one attached hydrogen (secondary N) is 1. The Labute approximate surface area is 86.2 Å². The summed E-state index contributed by atoms with van der Waals surface area (Å²) in [7, 11) is 0. The molecule has 0 heterocycles. The zero-order chi connectivity index (χ0) is 9.68. The van der Waals surface area contributed by atoms with Gasteiger partial charge >= 0.3 is 0 Å². The fourth-order valence-electron chi connectivity index (χ4n) is 0.896. The monoisotopic (exact) mass is 221 g/mol. The topological polar surface area (TPSA) is 41.5 Å². The van der Waals surface area contributed by atoms with Crippen LogP contribution in [-0.2, 0) is 11.4 Å². The van der Waals surface area contributed by atoms with Crippen molar-refractivity contribution < 1.29 is 10.1 Å². The Hall–Kier alpha value is -0.320. The fraction of sp³-hybridized carbons (Fsp3) is 0.250. The summed E-state index contributed by atoms with van der Waals surface area (Å²) in [6.45, 7) is 0.593. The van der Waals surface area contributed by atoms with Crippen molar-refractivity contribution in [2.75, 3.05) is 6.73 Å². The standard InChI is InChI=1S/C8H9Cl2NO2/c9-7-2-1-6(8(10)3-7)4-11-5-13-12/h1-3,11-12H,4-5H2. The minimum atomic E-state index is 0.0684. The van der Waals surface area contributed by atoms with Crippen LogP contribution in [0.15, 0.2) is 18.2 Å². The summed E-state index contributed by atoms with van der Waals surface area (Å²) >= 11 is 11.6. The smallest absolute Gasteiger partial charge is 0.133 e. The summed E-state index contributed by atoms with van der Waals surface area (Å²) in [6, 6.07) is 5.24. The Bertz CT molecular complexity index is 281. The van der Waals surface area contributed by atoms with Crippen molar-refractivity contribution in [2.24, 2.45) is 0 Å². The van der Waals surface area contributed by atoms with Gasteiger partial charge in [0.05, 0.1) is 0 Å². The second-order valence-electron chi connectivity index (χ2n) is 2.44. The van der Waals surface area contributed by atoms with E-state index in [4.69, 9.17) is 28.5 Å². The molecule has 0 aliphatic carbocycles. The molecule has 1 rings (SSSR count). The van der Waals surface area contributed by atoms with E-state index in [1.807, 2.05) is 6.07 Å². The van der Waals surface area contributed by atoms with Crippen LogP contribution in [0.25, 0.3) is 0 Å². The van der Waals surface area contributed by atoms with Crippen LogP contribution < -0.4 is 5.32 Å². The lowest BCUT2D eigenvalue weighted by Gasteiger charge is -2.04. The Morgan fingerprint density at radius 1 is 1.38 bits per heavy atom. The molecule has 0 atom stereocenters. The van der Waals surface area contributed by atoms with E-state index in [0.717, 1.165) is 5.56 Å². The van der Waals surface area contributed by atoms with E-state index in [2.05, 4.69) is 10.2 Å². The maximum atomic E-state index is 8.04. The summed E-state index contributed by atoms with van der Waals surface area (Å²) in [4.78, 5) is 3.85. The van der Waals surface area contributed by atoms with Crippen molar-refractivity contribution in [3.63, 3.8) is 0 Å². The van der Waals surface area contributed by atoms with Gasteiger partial charge in [0.15, 0.2) is 0 Å². The van der Waals surface area contributed by atoms with E-state index in [9.17, 15) is 0 Å². The summed E-state index contributed by atoms with van der Waals surface area (Å²) in [6.07, 6.45) is 0. The first-order chi connectivity index (χ1) is 6.24. The highest BCUT2D eigenvalue weighted by molar-refractivity contribution is 6.35. The van der Waals surface area contributed by atoms with Crippen LogP contribution in [-0.4, -0.2) is 12.0 Å². The van der Waals surface area contributed by atoms with E-state index < -0.39 is 0 Å². The number of hydrogen-bond acceptors (Lipinski definition) is 3. The SMILES string of the molecule is OOCNCc1ccc(Cl)cc1Cl. The van der Waals surface area contributed by atoms with Crippen molar-refractivity contribution in [3.05, 3.63) is 33.8 Å². The van der Waals surface area contributed by atoms with Gasteiger partial charge in [-0.25, -0.2) is 4.89 Å². The van der Waals surface area contributed by atoms with E-state index in [0.29, 0.717) is 16.6 Å². The first kappa shape index (κ1) is 10.8. The Kier molecular flexibility index (Phi) is 4.48. The van der Waals surface area contributed by atoms with E-state index in [-0.39, 0.29) is 6.73 Å². The first-order valence-electron chi connectivity index (χ1n) is 3.65. The molecule has 13 heavy (non-hydrogen) atoms. The molecule has 0 aromatic heterocycles. The number of benzene rings is 1. The minimum Gasteiger partial charge on any atom is -0.288 e. The zero-order valence-electron chi connectivity index (χ0n) is 6.76. The van der Waals surface area contributed by atoms with Crippen LogP contribution in [0.5, 0.6) is 0 Å². The largest absolute Gasteiger partial charge is 0.288 e. The summed E-state index contributed by atoms with van der Waals surface area (Å²) < 4.78 is 0. The molecule has 0 saturated carbocycles. The van der Waals surface area contributed by atoms with Crippen LogP contribution in [0.2, 0.25) is 10.0 Å². The predicted molar refractivity (Wildman–Crippen MR) is 51.9 cm³/mol. The summed E-state index contributed by atoms with van der Waals surface area (Å²) in [5.74, 6) is 0. The highest BCUT2D eigenvalue weighted by Crippen LogP contribution is 2.20. The van der Waals surface area contributed by atoms with Gasteiger partial charge in [0.2, 0.25) is 0 Å². The highest BCUT2D eigenvalue weighted by atomic mass is 35.5. The van der Waals surface area contributed by atoms with Gasteiger partial charge in [-0.1, -0.05) is 29.3 Å². The van der Waals surface area contributed by atoms with Gasteiger partial charge in [-0.05, 0) is 17.7 Å². The van der Waals surface area contributed by atoms with Gasteiger partial charge < -0.3 is 0 Å². The second-order valence-corrected chi connectivity index (χ2v) is 3.28. The lowest BCUT2D eigenvalue weighted by molar-refractivity contribution is -0.247. The summed E-state index contributed by atoms with van der Waals surface area (Å²) in [5, 5.41) is 12.1. The van der Waals surface area contributed by atoms with Crippen molar-refractivity contribution >= 4 is 23.2 Å². The van der Waals surface area contributed by atoms with Crippen molar-refractivity contribution in [1.29, 1.82) is 0 Å². The molecule has 1 aromatic carbocycles. The molecule has 0 fully saturated rings. The molecule has 0 aliphatic heterocycles. The fourth-order valence-corrected chi connectivity index (χ4v) is 1.37. The predicted octanol–water partition coefficient (Wildman–Crippen LogP) is 2.53. The molecule has 0 unspecified atom stereocenters. The van der Waals surface area contributed by atoms with Gasteiger partial charge in [0.25, 0.3) is 0 Å². The van der Waals surface area contributed by atoms with Gasteiger partial charge in [-0.2, -0.15) is 0 Å². The van der Waals surface area contributed by atoms with Crippen LogP contribution in [0.4, 0.5) is 0 Å².